The number of aromatic nitrogens is 2. The lowest BCUT2D eigenvalue weighted by Crippen LogP contribution is -1.93. The van der Waals surface area contributed by atoms with E-state index in [0.717, 1.165) is 17.1 Å². The molecular formula is C10H11ClN2O. The highest BCUT2D eigenvalue weighted by Crippen LogP contribution is 2.14. The smallest absolute Gasteiger partial charge is 0.137 e. The van der Waals surface area contributed by atoms with E-state index in [1.807, 2.05) is 35.9 Å². The molecular weight excluding hydrogens is 200 g/mol. The Balaban J connectivity index is 2.43. The van der Waals surface area contributed by atoms with Crippen molar-refractivity contribution in [2.75, 3.05) is 6.61 Å². The predicted molar refractivity (Wildman–Crippen MR) is 55.9 cm³/mol. The van der Waals surface area contributed by atoms with Crippen molar-refractivity contribution in [2.24, 2.45) is 0 Å². The molecule has 2 rings (SSSR count). The molecule has 0 fully saturated rings. The third-order valence-corrected chi connectivity index (χ3v) is 2.20. The summed E-state index contributed by atoms with van der Waals surface area (Å²) in [7, 11) is 0. The van der Waals surface area contributed by atoms with Crippen molar-refractivity contribution in [3.8, 4) is 5.75 Å². The summed E-state index contributed by atoms with van der Waals surface area (Å²) in [5.74, 6) is 1.28. The van der Waals surface area contributed by atoms with Crippen molar-refractivity contribution < 1.29 is 4.74 Å². The molecule has 3 nitrogen and oxygen atoms in total. The number of pyridine rings is 1. The average molecular weight is 211 g/mol. The first-order chi connectivity index (χ1) is 6.83. The standard InChI is InChI=1S/C10H11ClN2O/c1-2-14-9-3-4-10-12-8(5-11)6-13(10)7-9/h3-4,6-7H,2,5H2,1H3. The first-order valence-electron chi connectivity index (χ1n) is 4.50. The largest absolute Gasteiger partial charge is 0.492 e. The molecule has 0 amide bonds. The van der Waals surface area contributed by atoms with E-state index in [9.17, 15) is 0 Å². The van der Waals surface area contributed by atoms with Crippen molar-refractivity contribution in [3.63, 3.8) is 0 Å². The van der Waals surface area contributed by atoms with Gasteiger partial charge < -0.3 is 9.14 Å². The van der Waals surface area contributed by atoms with E-state index >= 15 is 0 Å². The van der Waals surface area contributed by atoms with Crippen molar-refractivity contribution in [1.29, 1.82) is 0 Å². The minimum absolute atomic E-state index is 0.436. The van der Waals surface area contributed by atoms with E-state index in [1.54, 1.807) is 0 Å². The molecule has 0 saturated carbocycles. The van der Waals surface area contributed by atoms with Crippen LogP contribution in [0.5, 0.6) is 5.75 Å². The molecule has 0 atom stereocenters. The minimum Gasteiger partial charge on any atom is -0.492 e. The van der Waals surface area contributed by atoms with Gasteiger partial charge in [0, 0.05) is 6.20 Å². The summed E-state index contributed by atoms with van der Waals surface area (Å²) in [5.41, 5.74) is 1.77. The molecule has 0 bridgehead atoms. The summed E-state index contributed by atoms with van der Waals surface area (Å²) < 4.78 is 7.29. The van der Waals surface area contributed by atoms with E-state index in [4.69, 9.17) is 16.3 Å². The van der Waals surface area contributed by atoms with Crippen molar-refractivity contribution >= 4 is 17.2 Å². The van der Waals surface area contributed by atoms with E-state index < -0.39 is 0 Å². The maximum absolute atomic E-state index is 5.69. The number of hydrogen-bond donors (Lipinski definition) is 0. The molecule has 0 saturated heterocycles. The van der Waals surface area contributed by atoms with Crippen LogP contribution in [-0.4, -0.2) is 16.0 Å². The van der Waals surface area contributed by atoms with Gasteiger partial charge >= 0.3 is 0 Å². The molecule has 14 heavy (non-hydrogen) atoms. The molecule has 0 unspecified atom stereocenters. The molecule has 2 aromatic rings. The van der Waals surface area contributed by atoms with Gasteiger partial charge in [-0.25, -0.2) is 4.98 Å². The number of imidazole rings is 1. The second-order valence-electron chi connectivity index (χ2n) is 2.93. The molecule has 4 heteroatoms. The van der Waals surface area contributed by atoms with Gasteiger partial charge in [-0.15, -0.1) is 11.6 Å². The zero-order valence-corrected chi connectivity index (χ0v) is 8.66. The molecule has 2 aromatic heterocycles. The highest BCUT2D eigenvalue weighted by Gasteiger charge is 2.01. The molecule has 0 aromatic carbocycles. The number of fused-ring (bicyclic) bond motifs is 1. The highest BCUT2D eigenvalue weighted by atomic mass is 35.5. The third kappa shape index (κ3) is 1.68. The zero-order chi connectivity index (χ0) is 9.97. The van der Waals surface area contributed by atoms with Crippen LogP contribution in [0.4, 0.5) is 0 Å². The molecule has 0 aliphatic heterocycles. The second-order valence-corrected chi connectivity index (χ2v) is 3.20. The Morgan fingerprint density at radius 2 is 2.29 bits per heavy atom. The number of halogens is 1. The first kappa shape index (κ1) is 9.34. The lowest BCUT2D eigenvalue weighted by Gasteiger charge is -2.02. The van der Waals surface area contributed by atoms with E-state index in [-0.39, 0.29) is 0 Å². The van der Waals surface area contributed by atoms with Crippen LogP contribution >= 0.6 is 11.6 Å². The fraction of sp³-hybridized carbons (Fsp3) is 0.300. The fourth-order valence-electron chi connectivity index (χ4n) is 1.34. The molecule has 2 heterocycles. The molecule has 0 radical (unpaired) electrons. The summed E-state index contributed by atoms with van der Waals surface area (Å²) in [4.78, 5) is 4.31. The van der Waals surface area contributed by atoms with Crippen molar-refractivity contribution in [2.45, 2.75) is 12.8 Å². The summed E-state index contributed by atoms with van der Waals surface area (Å²) in [5, 5.41) is 0. The Kier molecular flexibility index (Phi) is 2.59. The Morgan fingerprint density at radius 3 is 3.00 bits per heavy atom. The predicted octanol–water partition coefficient (Wildman–Crippen LogP) is 2.47. The van der Waals surface area contributed by atoms with Crippen LogP contribution in [0.3, 0.4) is 0 Å². The Hall–Kier alpha value is -1.22. The van der Waals surface area contributed by atoms with Gasteiger partial charge in [-0.2, -0.15) is 0 Å². The first-order valence-corrected chi connectivity index (χ1v) is 5.03. The third-order valence-electron chi connectivity index (χ3n) is 1.92. The molecule has 0 aliphatic carbocycles. The highest BCUT2D eigenvalue weighted by molar-refractivity contribution is 6.16. The van der Waals surface area contributed by atoms with E-state index in [0.29, 0.717) is 12.5 Å². The Morgan fingerprint density at radius 1 is 1.43 bits per heavy atom. The SMILES string of the molecule is CCOc1ccc2nc(CCl)cn2c1. The van der Waals surface area contributed by atoms with E-state index in [1.165, 1.54) is 0 Å². The average Bonchev–Trinajstić information content (AvgIpc) is 2.60. The van der Waals surface area contributed by atoms with Gasteiger partial charge in [0.2, 0.25) is 0 Å². The number of alkyl halides is 1. The van der Waals surface area contributed by atoms with Gasteiger partial charge in [-0.3, -0.25) is 0 Å². The number of rotatable bonds is 3. The second kappa shape index (κ2) is 3.88. The molecule has 74 valence electrons. The van der Waals surface area contributed by atoms with Crippen molar-refractivity contribution in [3.05, 3.63) is 30.2 Å². The van der Waals surface area contributed by atoms with Gasteiger partial charge in [0.1, 0.15) is 11.4 Å². The van der Waals surface area contributed by atoms with Crippen LogP contribution in [0.2, 0.25) is 0 Å². The number of ether oxygens (including phenoxy) is 1. The summed E-state index contributed by atoms with van der Waals surface area (Å²) in [6.07, 6.45) is 3.81. The lowest BCUT2D eigenvalue weighted by molar-refractivity contribution is 0.338. The quantitative estimate of drug-likeness (QED) is 0.728. The van der Waals surface area contributed by atoms with Gasteiger partial charge in [0.25, 0.3) is 0 Å². The van der Waals surface area contributed by atoms with Gasteiger partial charge in [0.05, 0.1) is 24.4 Å². The van der Waals surface area contributed by atoms with Crippen LogP contribution in [0, 0.1) is 0 Å². The summed E-state index contributed by atoms with van der Waals surface area (Å²) in [6, 6.07) is 3.82. The van der Waals surface area contributed by atoms with Crippen LogP contribution < -0.4 is 4.74 Å². The van der Waals surface area contributed by atoms with Crippen LogP contribution in [-0.2, 0) is 5.88 Å². The summed E-state index contributed by atoms with van der Waals surface area (Å²) >= 11 is 5.69. The molecule has 0 spiro atoms. The number of nitrogens with zero attached hydrogens (tertiary/aromatic N) is 2. The van der Waals surface area contributed by atoms with E-state index in [2.05, 4.69) is 4.98 Å². The Labute approximate surface area is 87.3 Å². The molecule has 0 aliphatic rings. The fourth-order valence-corrected chi connectivity index (χ4v) is 1.47. The molecule has 0 N–H and O–H groups in total. The summed E-state index contributed by atoms with van der Waals surface area (Å²) in [6.45, 7) is 2.63. The van der Waals surface area contributed by atoms with Gasteiger partial charge in [0.15, 0.2) is 0 Å². The normalized spacial score (nSPS) is 10.7. The maximum Gasteiger partial charge on any atom is 0.137 e. The Bertz CT molecular complexity index is 439. The van der Waals surface area contributed by atoms with Crippen LogP contribution in [0.1, 0.15) is 12.6 Å². The van der Waals surface area contributed by atoms with Crippen LogP contribution in [0.25, 0.3) is 5.65 Å². The monoisotopic (exact) mass is 210 g/mol. The topological polar surface area (TPSA) is 26.5 Å². The maximum atomic E-state index is 5.69. The van der Waals surface area contributed by atoms with Gasteiger partial charge in [-0.05, 0) is 19.1 Å². The van der Waals surface area contributed by atoms with Crippen molar-refractivity contribution in [1.82, 2.24) is 9.38 Å². The van der Waals surface area contributed by atoms with Gasteiger partial charge in [-0.1, -0.05) is 0 Å². The zero-order valence-electron chi connectivity index (χ0n) is 7.90. The van der Waals surface area contributed by atoms with Crippen LogP contribution in [0.15, 0.2) is 24.5 Å². The lowest BCUT2D eigenvalue weighted by atomic mass is 10.4. The number of hydrogen-bond acceptors (Lipinski definition) is 2. The minimum atomic E-state index is 0.436.